The van der Waals surface area contributed by atoms with Gasteiger partial charge in [0.1, 0.15) is 0 Å². The van der Waals surface area contributed by atoms with Crippen molar-refractivity contribution in [2.75, 3.05) is 0 Å². The molecule has 1 unspecified atom stereocenters. The number of aryl methyl sites for hydroxylation is 3. The van der Waals surface area contributed by atoms with Crippen LogP contribution in [-0.2, 0) is 11.3 Å². The molecule has 106 valence electrons. The molecule has 0 aliphatic heterocycles. The van der Waals surface area contributed by atoms with E-state index in [1.165, 1.54) is 6.42 Å². The van der Waals surface area contributed by atoms with E-state index in [0.29, 0.717) is 24.4 Å². The van der Waals surface area contributed by atoms with Gasteiger partial charge in [-0.05, 0) is 44.6 Å². The Hall–Kier alpha value is -1.32. The zero-order valence-corrected chi connectivity index (χ0v) is 12.5. The number of carbonyl (C=O) groups is 1. The van der Waals surface area contributed by atoms with E-state index < -0.39 is 0 Å². The van der Waals surface area contributed by atoms with Crippen LogP contribution in [0.15, 0.2) is 6.07 Å². The normalized spacial score (nSPS) is 21.6. The molecule has 0 aromatic carbocycles. The topological polar surface area (TPSA) is 46.9 Å². The Kier molecular flexibility index (Phi) is 3.97. The second-order valence-corrected chi connectivity index (χ2v) is 6.57. The van der Waals surface area contributed by atoms with Gasteiger partial charge in [0.05, 0.1) is 5.69 Å². The largest absolute Gasteiger partial charge is 0.353 e. The Morgan fingerprint density at radius 1 is 1.53 bits per heavy atom. The van der Waals surface area contributed by atoms with E-state index in [-0.39, 0.29) is 5.91 Å². The van der Waals surface area contributed by atoms with Crippen molar-refractivity contribution in [3.05, 3.63) is 17.5 Å². The number of hydrogen-bond acceptors (Lipinski definition) is 2. The van der Waals surface area contributed by atoms with Crippen LogP contribution >= 0.6 is 0 Å². The Morgan fingerprint density at radius 3 is 2.79 bits per heavy atom. The molecule has 0 saturated heterocycles. The average molecular weight is 263 g/mol. The predicted molar refractivity (Wildman–Crippen MR) is 75.9 cm³/mol. The molecule has 1 aliphatic rings. The number of hydrogen-bond donors (Lipinski definition) is 1. The van der Waals surface area contributed by atoms with Gasteiger partial charge in [-0.2, -0.15) is 5.10 Å². The molecule has 1 heterocycles. The smallest absolute Gasteiger partial charge is 0.222 e. The Balaban J connectivity index is 1.78. The molecule has 1 atom stereocenters. The van der Waals surface area contributed by atoms with Crippen LogP contribution in [0.2, 0.25) is 0 Å². The summed E-state index contributed by atoms with van der Waals surface area (Å²) in [5, 5.41) is 7.52. The van der Waals surface area contributed by atoms with Gasteiger partial charge in [-0.25, -0.2) is 0 Å². The number of nitrogens with one attached hydrogen (secondary N) is 1. The van der Waals surface area contributed by atoms with E-state index in [4.69, 9.17) is 0 Å². The fraction of sp³-hybridized carbons (Fsp3) is 0.733. The van der Waals surface area contributed by atoms with Crippen molar-refractivity contribution in [2.45, 2.75) is 66.0 Å². The molecule has 4 nitrogen and oxygen atoms in total. The SMILES string of the molecule is Cc1cc(C)n(CCC(=O)NC2CCC(C)(C)C2)n1. The van der Waals surface area contributed by atoms with Gasteiger partial charge < -0.3 is 5.32 Å². The maximum Gasteiger partial charge on any atom is 0.222 e. The Morgan fingerprint density at radius 2 is 2.26 bits per heavy atom. The maximum absolute atomic E-state index is 11.9. The second-order valence-electron chi connectivity index (χ2n) is 6.57. The maximum atomic E-state index is 11.9. The molecule has 1 aliphatic carbocycles. The lowest BCUT2D eigenvalue weighted by molar-refractivity contribution is -0.122. The first-order chi connectivity index (χ1) is 8.85. The van der Waals surface area contributed by atoms with Crippen molar-refractivity contribution in [3.8, 4) is 0 Å². The fourth-order valence-electron chi connectivity index (χ4n) is 2.97. The van der Waals surface area contributed by atoms with Crippen LogP contribution in [0.1, 0.15) is 50.9 Å². The summed E-state index contributed by atoms with van der Waals surface area (Å²) < 4.78 is 1.91. The molecule has 0 spiro atoms. The van der Waals surface area contributed by atoms with E-state index in [9.17, 15) is 4.79 Å². The fourth-order valence-corrected chi connectivity index (χ4v) is 2.97. The average Bonchev–Trinajstić information content (AvgIpc) is 2.78. The van der Waals surface area contributed by atoms with E-state index >= 15 is 0 Å². The van der Waals surface area contributed by atoms with Crippen molar-refractivity contribution in [2.24, 2.45) is 5.41 Å². The molecular formula is C15H25N3O. The molecule has 1 aromatic rings. The van der Waals surface area contributed by atoms with Crippen molar-refractivity contribution < 1.29 is 4.79 Å². The van der Waals surface area contributed by atoms with Crippen molar-refractivity contribution in [1.82, 2.24) is 15.1 Å². The molecule has 1 N–H and O–H groups in total. The lowest BCUT2D eigenvalue weighted by Crippen LogP contribution is -2.34. The molecule has 1 fully saturated rings. The lowest BCUT2D eigenvalue weighted by Gasteiger charge is -2.17. The van der Waals surface area contributed by atoms with Crippen molar-refractivity contribution in [1.29, 1.82) is 0 Å². The third kappa shape index (κ3) is 3.82. The molecule has 19 heavy (non-hydrogen) atoms. The summed E-state index contributed by atoms with van der Waals surface area (Å²) in [5.41, 5.74) is 2.51. The van der Waals surface area contributed by atoms with Crippen LogP contribution in [0, 0.1) is 19.3 Å². The highest BCUT2D eigenvalue weighted by Gasteiger charge is 2.31. The quantitative estimate of drug-likeness (QED) is 0.907. The first-order valence-electron chi connectivity index (χ1n) is 7.16. The number of carbonyl (C=O) groups excluding carboxylic acids is 1. The Bertz CT molecular complexity index is 462. The predicted octanol–water partition coefficient (Wildman–Crippen LogP) is 2.58. The summed E-state index contributed by atoms with van der Waals surface area (Å²) in [6, 6.07) is 2.40. The number of amides is 1. The highest BCUT2D eigenvalue weighted by atomic mass is 16.1. The Labute approximate surface area is 115 Å². The van der Waals surface area contributed by atoms with Crippen LogP contribution in [-0.4, -0.2) is 21.7 Å². The number of aromatic nitrogens is 2. The second kappa shape index (κ2) is 5.35. The minimum Gasteiger partial charge on any atom is -0.353 e. The van der Waals surface area contributed by atoms with Crippen molar-refractivity contribution >= 4 is 5.91 Å². The highest BCUT2D eigenvalue weighted by molar-refractivity contribution is 5.76. The van der Waals surface area contributed by atoms with E-state index in [1.54, 1.807) is 0 Å². The molecule has 2 rings (SSSR count). The summed E-state index contributed by atoms with van der Waals surface area (Å²) in [6.45, 7) is 9.22. The van der Waals surface area contributed by atoms with Gasteiger partial charge in [0.25, 0.3) is 0 Å². The summed E-state index contributed by atoms with van der Waals surface area (Å²) in [4.78, 5) is 11.9. The van der Waals surface area contributed by atoms with Crippen LogP contribution in [0.3, 0.4) is 0 Å². The molecule has 1 aromatic heterocycles. The summed E-state index contributed by atoms with van der Waals surface area (Å²) >= 11 is 0. The van der Waals surface area contributed by atoms with E-state index in [1.807, 2.05) is 24.6 Å². The van der Waals surface area contributed by atoms with Gasteiger partial charge in [-0.1, -0.05) is 13.8 Å². The minimum absolute atomic E-state index is 0.148. The van der Waals surface area contributed by atoms with Gasteiger partial charge in [0.15, 0.2) is 0 Å². The van der Waals surface area contributed by atoms with Crippen LogP contribution in [0.4, 0.5) is 0 Å². The third-order valence-electron chi connectivity index (χ3n) is 3.99. The molecular weight excluding hydrogens is 238 g/mol. The molecule has 1 amide bonds. The van der Waals surface area contributed by atoms with E-state index in [0.717, 1.165) is 24.2 Å². The number of nitrogens with zero attached hydrogens (tertiary/aromatic N) is 2. The van der Waals surface area contributed by atoms with Crippen LogP contribution in [0.5, 0.6) is 0 Å². The molecule has 0 bridgehead atoms. The zero-order chi connectivity index (χ0) is 14.0. The van der Waals surface area contributed by atoms with E-state index in [2.05, 4.69) is 24.3 Å². The molecule has 1 saturated carbocycles. The van der Waals surface area contributed by atoms with Gasteiger partial charge in [0.2, 0.25) is 5.91 Å². The first kappa shape index (κ1) is 14.1. The monoisotopic (exact) mass is 263 g/mol. The summed E-state index contributed by atoms with van der Waals surface area (Å²) in [7, 11) is 0. The van der Waals surface area contributed by atoms with Gasteiger partial charge in [-0.3, -0.25) is 9.48 Å². The van der Waals surface area contributed by atoms with Gasteiger partial charge >= 0.3 is 0 Å². The van der Waals surface area contributed by atoms with Gasteiger partial charge in [0, 0.05) is 24.7 Å². The van der Waals surface area contributed by atoms with Crippen molar-refractivity contribution in [3.63, 3.8) is 0 Å². The highest BCUT2D eigenvalue weighted by Crippen LogP contribution is 2.36. The number of rotatable bonds is 4. The summed E-state index contributed by atoms with van der Waals surface area (Å²) in [6.07, 6.45) is 3.92. The molecule has 0 radical (unpaired) electrons. The first-order valence-corrected chi connectivity index (χ1v) is 7.16. The zero-order valence-electron chi connectivity index (χ0n) is 12.5. The standard InChI is InChI=1S/C15H25N3O/c1-11-9-12(2)18(17-11)8-6-14(19)16-13-5-7-15(3,4)10-13/h9,13H,5-8,10H2,1-4H3,(H,16,19). The lowest BCUT2D eigenvalue weighted by atomic mass is 9.92. The van der Waals surface area contributed by atoms with Crippen LogP contribution in [0.25, 0.3) is 0 Å². The van der Waals surface area contributed by atoms with Crippen LogP contribution < -0.4 is 5.32 Å². The van der Waals surface area contributed by atoms with Gasteiger partial charge in [-0.15, -0.1) is 0 Å². The summed E-state index contributed by atoms with van der Waals surface area (Å²) in [5.74, 6) is 0.148. The molecule has 4 heteroatoms. The minimum atomic E-state index is 0.148. The third-order valence-corrected chi connectivity index (χ3v) is 3.99.